The molecule has 0 aliphatic carbocycles. The van der Waals surface area contributed by atoms with E-state index in [2.05, 4.69) is 16.0 Å². The average Bonchev–Trinajstić information content (AvgIpc) is 2.57. The number of carbonyl (C=O) groups excluding carboxylic acids is 1. The van der Waals surface area contributed by atoms with Gasteiger partial charge in [-0.2, -0.15) is 0 Å². The van der Waals surface area contributed by atoms with Crippen LogP contribution in [0.2, 0.25) is 5.02 Å². The Morgan fingerprint density at radius 2 is 1.70 bits per heavy atom. The van der Waals surface area contributed by atoms with Crippen molar-refractivity contribution in [3.63, 3.8) is 0 Å². The molecule has 2 aromatic rings. The number of aryl methyl sites for hydroxylation is 1. The van der Waals surface area contributed by atoms with E-state index in [1.165, 1.54) is 0 Å². The number of carbonyl (C=O) groups is 1. The summed E-state index contributed by atoms with van der Waals surface area (Å²) in [6.07, 6.45) is -0.896. The largest absolute Gasteiger partial charge is 0.339 e. The number of amides is 1. The highest BCUT2D eigenvalue weighted by molar-refractivity contribution is 7.80. The summed E-state index contributed by atoms with van der Waals surface area (Å²) in [5, 5.41) is 8.97. The molecular formula is C18H17Cl4N3OS. The van der Waals surface area contributed by atoms with E-state index in [1.54, 1.807) is 24.3 Å². The summed E-state index contributed by atoms with van der Waals surface area (Å²) in [7, 11) is 0. The van der Waals surface area contributed by atoms with Crippen LogP contribution in [0.5, 0.6) is 0 Å². The predicted molar refractivity (Wildman–Crippen MR) is 118 cm³/mol. The Morgan fingerprint density at radius 3 is 2.30 bits per heavy atom. The lowest BCUT2D eigenvalue weighted by Crippen LogP contribution is -2.56. The fourth-order valence-electron chi connectivity index (χ4n) is 2.16. The van der Waals surface area contributed by atoms with Crippen LogP contribution in [0.3, 0.4) is 0 Å². The minimum Gasteiger partial charge on any atom is -0.339 e. The third kappa shape index (κ3) is 7.35. The van der Waals surface area contributed by atoms with Gasteiger partial charge >= 0.3 is 0 Å². The lowest BCUT2D eigenvalue weighted by Gasteiger charge is -2.28. The van der Waals surface area contributed by atoms with E-state index in [-0.39, 0.29) is 17.4 Å². The number of thiocarbonyl (C=S) groups is 1. The molecule has 0 bridgehead atoms. The second-order valence-corrected chi connectivity index (χ2v) is 8.97. The molecule has 144 valence electrons. The summed E-state index contributed by atoms with van der Waals surface area (Å²) in [5.41, 5.74) is 2.54. The molecule has 9 heteroatoms. The number of rotatable bonds is 5. The second kappa shape index (κ2) is 9.80. The Morgan fingerprint density at radius 1 is 1.07 bits per heavy atom. The van der Waals surface area contributed by atoms with Gasteiger partial charge in [-0.05, 0) is 36.8 Å². The first kappa shape index (κ1) is 22.1. The van der Waals surface area contributed by atoms with Crippen LogP contribution in [0.4, 0.5) is 5.69 Å². The molecule has 27 heavy (non-hydrogen) atoms. The van der Waals surface area contributed by atoms with Crippen molar-refractivity contribution in [3.8, 4) is 0 Å². The summed E-state index contributed by atoms with van der Waals surface area (Å²) >= 11 is 29.3. The molecule has 1 unspecified atom stereocenters. The number of hydrogen-bond donors (Lipinski definition) is 3. The van der Waals surface area contributed by atoms with E-state index in [1.807, 2.05) is 31.2 Å². The van der Waals surface area contributed by atoms with Gasteiger partial charge in [0.05, 0.1) is 17.1 Å². The summed E-state index contributed by atoms with van der Waals surface area (Å²) in [5.74, 6) is -0.316. The van der Waals surface area contributed by atoms with E-state index in [9.17, 15) is 4.79 Å². The summed E-state index contributed by atoms with van der Waals surface area (Å²) in [4.78, 5) is 12.3. The average molecular weight is 465 g/mol. The molecule has 4 nitrogen and oxygen atoms in total. The molecular weight excluding hydrogens is 448 g/mol. The van der Waals surface area contributed by atoms with E-state index in [4.69, 9.17) is 58.6 Å². The van der Waals surface area contributed by atoms with Crippen LogP contribution in [0, 0.1) is 6.92 Å². The van der Waals surface area contributed by atoms with Gasteiger partial charge in [-0.25, -0.2) is 0 Å². The Kier molecular flexibility index (Phi) is 8.01. The molecule has 0 spiro atoms. The van der Waals surface area contributed by atoms with E-state index in [0.29, 0.717) is 10.7 Å². The Bertz CT molecular complexity index is 809. The van der Waals surface area contributed by atoms with Gasteiger partial charge in [0, 0.05) is 0 Å². The van der Waals surface area contributed by atoms with Crippen molar-refractivity contribution in [1.29, 1.82) is 0 Å². The standard InChI is InChI=1S/C18H17Cl4N3OS/c1-11-6-8-12(9-7-11)10-15(26)24-16(18(20,21)22)25-17(27)23-14-5-3-2-4-13(14)19/h2-9,16H,10H2,1H3,(H,24,26)(H2,23,25,27). The van der Waals surface area contributed by atoms with Crippen LogP contribution in [-0.4, -0.2) is 21.0 Å². The van der Waals surface area contributed by atoms with Crippen molar-refractivity contribution in [1.82, 2.24) is 10.6 Å². The third-order valence-electron chi connectivity index (χ3n) is 3.52. The first-order valence-electron chi connectivity index (χ1n) is 7.89. The van der Waals surface area contributed by atoms with Crippen LogP contribution < -0.4 is 16.0 Å². The number of benzene rings is 2. The van der Waals surface area contributed by atoms with Gasteiger partial charge in [0.25, 0.3) is 0 Å². The van der Waals surface area contributed by atoms with Gasteiger partial charge in [0.15, 0.2) is 5.11 Å². The minimum atomic E-state index is -1.82. The SMILES string of the molecule is Cc1ccc(CC(=O)NC(NC(=S)Nc2ccccc2Cl)C(Cl)(Cl)Cl)cc1. The van der Waals surface area contributed by atoms with Gasteiger partial charge in [0.2, 0.25) is 9.70 Å². The Hall–Kier alpha value is -1.24. The fourth-order valence-corrected chi connectivity index (χ4v) is 2.89. The zero-order chi connectivity index (χ0) is 20.0. The number of anilines is 1. The highest BCUT2D eigenvalue weighted by Gasteiger charge is 2.34. The maximum Gasteiger partial charge on any atom is 0.228 e. The van der Waals surface area contributed by atoms with E-state index >= 15 is 0 Å². The first-order chi connectivity index (χ1) is 12.6. The van der Waals surface area contributed by atoms with Crippen molar-refractivity contribution in [2.45, 2.75) is 23.3 Å². The molecule has 0 heterocycles. The smallest absolute Gasteiger partial charge is 0.228 e. The van der Waals surface area contributed by atoms with Gasteiger partial charge in [-0.15, -0.1) is 0 Å². The van der Waals surface area contributed by atoms with E-state index < -0.39 is 9.96 Å². The van der Waals surface area contributed by atoms with Crippen molar-refractivity contribution >= 4 is 75.3 Å². The molecule has 0 saturated heterocycles. The number of para-hydroxylation sites is 1. The Balaban J connectivity index is 2.00. The minimum absolute atomic E-state index is 0.143. The molecule has 3 N–H and O–H groups in total. The molecule has 1 amide bonds. The molecule has 0 aliphatic heterocycles. The molecule has 0 aromatic heterocycles. The van der Waals surface area contributed by atoms with Gasteiger partial charge in [-0.3, -0.25) is 4.79 Å². The zero-order valence-corrected chi connectivity index (χ0v) is 18.1. The molecule has 1 atom stereocenters. The maximum absolute atomic E-state index is 12.3. The maximum atomic E-state index is 12.3. The predicted octanol–water partition coefficient (Wildman–Crippen LogP) is 4.99. The van der Waals surface area contributed by atoms with Crippen LogP contribution in [0.25, 0.3) is 0 Å². The third-order valence-corrected chi connectivity index (χ3v) is 4.72. The highest BCUT2D eigenvalue weighted by Crippen LogP contribution is 2.29. The lowest BCUT2D eigenvalue weighted by atomic mass is 10.1. The molecule has 2 rings (SSSR count). The highest BCUT2D eigenvalue weighted by atomic mass is 35.6. The quantitative estimate of drug-likeness (QED) is 0.331. The topological polar surface area (TPSA) is 53.2 Å². The summed E-state index contributed by atoms with van der Waals surface area (Å²) in [6.45, 7) is 1.97. The van der Waals surface area contributed by atoms with Crippen molar-refractivity contribution in [2.24, 2.45) is 0 Å². The summed E-state index contributed by atoms with van der Waals surface area (Å²) < 4.78 is -1.82. The zero-order valence-electron chi connectivity index (χ0n) is 14.2. The molecule has 0 radical (unpaired) electrons. The van der Waals surface area contributed by atoms with Crippen molar-refractivity contribution in [3.05, 3.63) is 64.7 Å². The number of alkyl halides is 3. The molecule has 0 fully saturated rings. The normalized spacial score (nSPS) is 12.2. The summed E-state index contributed by atoms with van der Waals surface area (Å²) in [6, 6.07) is 14.6. The first-order valence-corrected chi connectivity index (χ1v) is 9.81. The van der Waals surface area contributed by atoms with Gasteiger partial charge < -0.3 is 16.0 Å². The number of hydrogen-bond acceptors (Lipinski definition) is 2. The second-order valence-electron chi connectivity index (χ2n) is 5.78. The van der Waals surface area contributed by atoms with Gasteiger partial charge in [0.1, 0.15) is 6.17 Å². The lowest BCUT2D eigenvalue weighted by molar-refractivity contribution is -0.121. The van der Waals surface area contributed by atoms with E-state index in [0.717, 1.165) is 11.1 Å². The van der Waals surface area contributed by atoms with Crippen LogP contribution >= 0.6 is 58.6 Å². The monoisotopic (exact) mass is 463 g/mol. The molecule has 2 aromatic carbocycles. The van der Waals surface area contributed by atoms with Crippen LogP contribution in [0.1, 0.15) is 11.1 Å². The van der Waals surface area contributed by atoms with Crippen molar-refractivity contribution < 1.29 is 4.79 Å². The Labute approximate surface area is 183 Å². The fraction of sp³-hybridized carbons (Fsp3) is 0.222. The molecule has 0 saturated carbocycles. The van der Waals surface area contributed by atoms with Gasteiger partial charge in [-0.1, -0.05) is 88.4 Å². The van der Waals surface area contributed by atoms with Crippen molar-refractivity contribution in [2.75, 3.05) is 5.32 Å². The number of halogens is 4. The van der Waals surface area contributed by atoms with Crippen LogP contribution in [-0.2, 0) is 11.2 Å². The van der Waals surface area contributed by atoms with Crippen LogP contribution in [0.15, 0.2) is 48.5 Å². The number of nitrogens with one attached hydrogen (secondary N) is 3. The molecule has 0 aliphatic rings.